The predicted molar refractivity (Wildman–Crippen MR) is 88.9 cm³/mol. The van der Waals surface area contributed by atoms with Crippen LogP contribution in [-0.2, 0) is 23.0 Å². The zero-order valence-electron chi connectivity index (χ0n) is 12.8. The van der Waals surface area contributed by atoms with Crippen LogP contribution in [0.4, 0.5) is 0 Å². The summed E-state index contributed by atoms with van der Waals surface area (Å²) < 4.78 is 33.2. The maximum Gasteiger partial charge on any atom is 0.239 e. The van der Waals surface area contributed by atoms with Crippen LogP contribution in [-0.4, -0.2) is 18.8 Å². The molecular formula is C18H19NO3S. The number of sulfonamides is 1. The molecule has 4 nitrogen and oxygen atoms in total. The predicted octanol–water partition coefficient (Wildman–Crippen LogP) is 3.56. The van der Waals surface area contributed by atoms with E-state index in [2.05, 4.69) is 6.07 Å². The Bertz CT molecular complexity index is 833. The van der Waals surface area contributed by atoms with Crippen molar-refractivity contribution in [1.29, 1.82) is 0 Å². The van der Waals surface area contributed by atoms with Gasteiger partial charge in [-0.05, 0) is 55.0 Å². The first kappa shape index (κ1) is 14.7. The summed E-state index contributed by atoms with van der Waals surface area (Å²) in [5, 5.41) is 0. The third-order valence-electron chi connectivity index (χ3n) is 4.50. The molecule has 0 spiro atoms. The molecule has 5 heteroatoms. The SMILES string of the molecule is O=S(=O)(C1=Cc2ccccc2CC1)N(Cc1ccco1)C1CC1. The van der Waals surface area contributed by atoms with Gasteiger partial charge in [0.05, 0.1) is 17.7 Å². The van der Waals surface area contributed by atoms with Gasteiger partial charge >= 0.3 is 0 Å². The maximum atomic E-state index is 13.1. The van der Waals surface area contributed by atoms with Crippen molar-refractivity contribution in [3.8, 4) is 0 Å². The fourth-order valence-electron chi connectivity index (χ4n) is 3.09. The van der Waals surface area contributed by atoms with Gasteiger partial charge in [-0.3, -0.25) is 0 Å². The molecule has 0 amide bonds. The van der Waals surface area contributed by atoms with E-state index in [4.69, 9.17) is 4.42 Å². The molecule has 0 unspecified atom stereocenters. The number of furan rings is 1. The lowest BCUT2D eigenvalue weighted by atomic mass is 9.98. The molecule has 1 aromatic carbocycles. The highest BCUT2D eigenvalue weighted by Gasteiger charge is 2.39. The molecule has 1 aromatic heterocycles. The zero-order chi connectivity index (χ0) is 15.9. The number of aryl methyl sites for hydroxylation is 1. The molecule has 0 bridgehead atoms. The van der Waals surface area contributed by atoms with Gasteiger partial charge in [0.1, 0.15) is 5.76 Å². The molecule has 0 N–H and O–H groups in total. The fourth-order valence-corrected chi connectivity index (χ4v) is 4.93. The second-order valence-electron chi connectivity index (χ2n) is 6.17. The van der Waals surface area contributed by atoms with E-state index in [9.17, 15) is 8.42 Å². The maximum absolute atomic E-state index is 13.1. The van der Waals surface area contributed by atoms with Crippen molar-refractivity contribution < 1.29 is 12.8 Å². The number of fused-ring (bicyclic) bond motifs is 1. The van der Waals surface area contributed by atoms with Gasteiger partial charge in [-0.1, -0.05) is 24.3 Å². The van der Waals surface area contributed by atoms with E-state index in [0.717, 1.165) is 24.8 Å². The lowest BCUT2D eigenvalue weighted by Gasteiger charge is -2.25. The van der Waals surface area contributed by atoms with Gasteiger partial charge in [-0.25, -0.2) is 8.42 Å². The van der Waals surface area contributed by atoms with Crippen LogP contribution in [0, 0.1) is 0 Å². The van der Waals surface area contributed by atoms with Gasteiger partial charge in [-0.2, -0.15) is 4.31 Å². The summed E-state index contributed by atoms with van der Waals surface area (Å²) >= 11 is 0. The van der Waals surface area contributed by atoms with Crippen molar-refractivity contribution in [3.05, 3.63) is 64.5 Å². The van der Waals surface area contributed by atoms with Gasteiger partial charge in [-0.15, -0.1) is 0 Å². The second kappa shape index (κ2) is 5.65. The van der Waals surface area contributed by atoms with Crippen LogP contribution in [0.15, 0.2) is 52.0 Å². The standard InChI is InChI=1S/C18H19NO3S/c20-23(21,18-10-7-14-4-1-2-5-15(14)12-18)19(16-8-9-16)13-17-6-3-11-22-17/h1-6,11-12,16H,7-10,13H2. The first-order valence-corrected chi connectivity index (χ1v) is 9.41. The molecule has 2 aliphatic rings. The average molecular weight is 329 g/mol. The third-order valence-corrected chi connectivity index (χ3v) is 6.53. The summed E-state index contributed by atoms with van der Waals surface area (Å²) in [6, 6.07) is 11.7. The second-order valence-corrected chi connectivity index (χ2v) is 8.11. The normalized spacial score (nSPS) is 17.9. The number of hydrogen-bond acceptors (Lipinski definition) is 3. The molecule has 0 atom stereocenters. The van der Waals surface area contributed by atoms with E-state index in [1.54, 1.807) is 16.6 Å². The van der Waals surface area contributed by atoms with E-state index in [-0.39, 0.29) is 6.04 Å². The number of hydrogen-bond donors (Lipinski definition) is 0. The van der Waals surface area contributed by atoms with Gasteiger partial charge in [0, 0.05) is 6.04 Å². The Morgan fingerprint density at radius 1 is 1.09 bits per heavy atom. The van der Waals surface area contributed by atoms with Crippen LogP contribution in [0.5, 0.6) is 0 Å². The minimum Gasteiger partial charge on any atom is -0.468 e. The van der Waals surface area contributed by atoms with Crippen molar-refractivity contribution in [1.82, 2.24) is 4.31 Å². The van der Waals surface area contributed by atoms with E-state index >= 15 is 0 Å². The third kappa shape index (κ3) is 2.86. The Morgan fingerprint density at radius 2 is 1.91 bits per heavy atom. The van der Waals surface area contributed by atoms with Crippen molar-refractivity contribution in [2.75, 3.05) is 0 Å². The molecule has 4 rings (SSSR count). The van der Waals surface area contributed by atoms with E-state index in [0.29, 0.717) is 23.6 Å². The zero-order valence-corrected chi connectivity index (χ0v) is 13.6. The topological polar surface area (TPSA) is 50.5 Å². The summed E-state index contributed by atoms with van der Waals surface area (Å²) in [6.07, 6.45) is 6.64. The molecule has 1 heterocycles. The van der Waals surface area contributed by atoms with Crippen molar-refractivity contribution >= 4 is 16.1 Å². The molecule has 2 aromatic rings. The molecule has 120 valence electrons. The highest BCUT2D eigenvalue weighted by Crippen LogP contribution is 2.36. The molecule has 0 aliphatic heterocycles. The summed E-state index contributed by atoms with van der Waals surface area (Å²) in [6.45, 7) is 0.318. The van der Waals surface area contributed by atoms with Crippen LogP contribution in [0.25, 0.3) is 6.08 Å². The van der Waals surface area contributed by atoms with Crippen LogP contribution in [0.3, 0.4) is 0 Å². The smallest absolute Gasteiger partial charge is 0.239 e. The van der Waals surface area contributed by atoms with E-state index in [1.807, 2.05) is 30.3 Å². The van der Waals surface area contributed by atoms with Crippen molar-refractivity contribution in [2.45, 2.75) is 38.3 Å². The van der Waals surface area contributed by atoms with Gasteiger partial charge in [0.15, 0.2) is 0 Å². The fraction of sp³-hybridized carbons (Fsp3) is 0.333. The van der Waals surface area contributed by atoms with Gasteiger partial charge < -0.3 is 4.42 Å². The van der Waals surface area contributed by atoms with Crippen LogP contribution < -0.4 is 0 Å². The molecule has 1 fully saturated rings. The number of benzene rings is 1. The minimum atomic E-state index is -3.45. The monoisotopic (exact) mass is 329 g/mol. The van der Waals surface area contributed by atoms with Gasteiger partial charge in [0.25, 0.3) is 0 Å². The highest BCUT2D eigenvalue weighted by molar-refractivity contribution is 7.93. The Hall–Kier alpha value is -1.85. The van der Waals surface area contributed by atoms with Crippen LogP contribution in [0.1, 0.15) is 36.1 Å². The van der Waals surface area contributed by atoms with E-state index in [1.165, 1.54) is 5.56 Å². The molecule has 23 heavy (non-hydrogen) atoms. The minimum absolute atomic E-state index is 0.114. The van der Waals surface area contributed by atoms with E-state index < -0.39 is 10.0 Å². The van der Waals surface area contributed by atoms with Crippen LogP contribution in [0.2, 0.25) is 0 Å². The quantitative estimate of drug-likeness (QED) is 0.843. The van der Waals surface area contributed by atoms with Crippen molar-refractivity contribution in [3.63, 3.8) is 0 Å². The number of rotatable bonds is 5. The molecule has 1 saturated carbocycles. The summed E-state index contributed by atoms with van der Waals surface area (Å²) in [5.41, 5.74) is 2.24. The first-order chi connectivity index (χ1) is 11.1. The Balaban J connectivity index is 1.67. The Morgan fingerprint density at radius 3 is 2.65 bits per heavy atom. The summed E-state index contributed by atoms with van der Waals surface area (Å²) in [7, 11) is -3.45. The average Bonchev–Trinajstić information content (AvgIpc) is 3.27. The Kier molecular flexibility index (Phi) is 3.62. The van der Waals surface area contributed by atoms with Crippen LogP contribution >= 0.6 is 0 Å². The molecular weight excluding hydrogens is 310 g/mol. The van der Waals surface area contributed by atoms with Crippen molar-refractivity contribution in [2.24, 2.45) is 0 Å². The van der Waals surface area contributed by atoms with Gasteiger partial charge in [0.2, 0.25) is 10.0 Å². The number of allylic oxidation sites excluding steroid dienone is 1. The largest absolute Gasteiger partial charge is 0.468 e. The highest BCUT2D eigenvalue weighted by atomic mass is 32.2. The molecule has 0 radical (unpaired) electrons. The summed E-state index contributed by atoms with van der Waals surface area (Å²) in [4.78, 5) is 0.523. The molecule has 2 aliphatic carbocycles. The Labute approximate surface area is 136 Å². The molecule has 0 saturated heterocycles. The lowest BCUT2D eigenvalue weighted by Crippen LogP contribution is -2.34. The first-order valence-electron chi connectivity index (χ1n) is 7.97. The summed E-state index contributed by atoms with van der Waals surface area (Å²) in [5.74, 6) is 0.692. The number of nitrogens with zero attached hydrogens (tertiary/aromatic N) is 1. The lowest BCUT2D eigenvalue weighted by molar-refractivity contribution is 0.359.